The molecule has 0 aliphatic rings. The summed E-state index contributed by atoms with van der Waals surface area (Å²) < 4.78 is 36.8. The van der Waals surface area contributed by atoms with E-state index in [2.05, 4.69) is 6.92 Å². The first-order valence-corrected chi connectivity index (χ1v) is 9.41. The summed E-state index contributed by atoms with van der Waals surface area (Å²) in [6, 6.07) is 11.3. The average molecular weight is 350 g/mol. The predicted octanol–water partition coefficient (Wildman–Crippen LogP) is 4.55. The van der Waals surface area contributed by atoms with Crippen molar-refractivity contribution in [2.75, 3.05) is 0 Å². The lowest BCUT2D eigenvalue weighted by Gasteiger charge is -2.09. The highest BCUT2D eigenvalue weighted by molar-refractivity contribution is 7.86. The highest BCUT2D eigenvalue weighted by atomic mass is 32.2. The first kappa shape index (κ1) is 18.3. The van der Waals surface area contributed by atoms with Gasteiger partial charge in [0.2, 0.25) is 0 Å². The highest BCUT2D eigenvalue weighted by Gasteiger charge is 2.16. The van der Waals surface area contributed by atoms with Crippen molar-refractivity contribution in [3.63, 3.8) is 0 Å². The van der Waals surface area contributed by atoms with E-state index in [4.69, 9.17) is 9.29 Å². The minimum atomic E-state index is -4.45. The van der Waals surface area contributed by atoms with Crippen molar-refractivity contribution in [1.82, 2.24) is 0 Å². The zero-order valence-corrected chi connectivity index (χ0v) is 14.4. The summed E-state index contributed by atoms with van der Waals surface area (Å²) in [5.41, 5.74) is 1.17. The van der Waals surface area contributed by atoms with Crippen LogP contribution >= 0.6 is 0 Å². The van der Waals surface area contributed by atoms with E-state index in [9.17, 15) is 13.5 Å². The third kappa shape index (κ3) is 5.25. The van der Waals surface area contributed by atoms with E-state index in [1.807, 2.05) is 18.2 Å². The Hall–Kier alpha value is -2.05. The van der Waals surface area contributed by atoms with Crippen LogP contribution in [0.3, 0.4) is 0 Å². The lowest BCUT2D eigenvalue weighted by Crippen LogP contribution is -1.98. The van der Waals surface area contributed by atoms with Gasteiger partial charge in [-0.25, -0.2) is 0 Å². The highest BCUT2D eigenvalue weighted by Crippen LogP contribution is 2.30. The molecule has 0 fully saturated rings. The molecular formula is C18H22O5S. The van der Waals surface area contributed by atoms with Crippen LogP contribution in [0.4, 0.5) is 0 Å². The van der Waals surface area contributed by atoms with Crippen molar-refractivity contribution < 1.29 is 22.8 Å². The van der Waals surface area contributed by atoms with Crippen LogP contribution in [-0.2, 0) is 16.5 Å². The number of ether oxygens (including phenoxy) is 1. The molecule has 2 aromatic carbocycles. The van der Waals surface area contributed by atoms with Crippen LogP contribution in [0.25, 0.3) is 0 Å². The summed E-state index contributed by atoms with van der Waals surface area (Å²) >= 11 is 0. The van der Waals surface area contributed by atoms with Gasteiger partial charge < -0.3 is 9.84 Å². The van der Waals surface area contributed by atoms with E-state index in [1.165, 1.54) is 30.9 Å². The molecule has 0 aliphatic carbocycles. The molecule has 2 aromatic rings. The standard InChI is InChI=1S/C18H22O5S/c1-2-3-4-5-7-14-8-6-9-15(12-14)23-16-10-11-18(17(19)13-16)24(20,21)22/h6,8-13,19H,2-5,7H2,1H3,(H,20,21,22). The molecular weight excluding hydrogens is 328 g/mol. The van der Waals surface area contributed by atoms with E-state index in [1.54, 1.807) is 6.07 Å². The minimum absolute atomic E-state index is 0.294. The molecule has 0 saturated heterocycles. The van der Waals surface area contributed by atoms with E-state index in [-0.39, 0.29) is 0 Å². The topological polar surface area (TPSA) is 83.8 Å². The van der Waals surface area contributed by atoms with Crippen LogP contribution in [-0.4, -0.2) is 18.1 Å². The molecule has 2 rings (SSSR count). The molecule has 0 unspecified atom stereocenters. The van der Waals surface area contributed by atoms with Crippen molar-refractivity contribution >= 4 is 10.1 Å². The Kier molecular flexibility index (Phi) is 6.23. The van der Waals surface area contributed by atoms with Crippen LogP contribution in [0.1, 0.15) is 38.2 Å². The van der Waals surface area contributed by atoms with Crippen molar-refractivity contribution in [3.05, 3.63) is 48.0 Å². The Morgan fingerprint density at radius 1 is 1.00 bits per heavy atom. The van der Waals surface area contributed by atoms with E-state index in [0.717, 1.165) is 25.0 Å². The van der Waals surface area contributed by atoms with Gasteiger partial charge in [0.15, 0.2) is 0 Å². The molecule has 5 nitrogen and oxygen atoms in total. The monoisotopic (exact) mass is 350 g/mol. The summed E-state index contributed by atoms with van der Waals surface area (Å²) in [6.45, 7) is 2.18. The fraction of sp³-hybridized carbons (Fsp3) is 0.333. The molecule has 0 saturated carbocycles. The molecule has 6 heteroatoms. The fourth-order valence-electron chi connectivity index (χ4n) is 2.44. The molecule has 2 N–H and O–H groups in total. The first-order chi connectivity index (χ1) is 11.4. The van der Waals surface area contributed by atoms with Crippen LogP contribution in [0, 0.1) is 0 Å². The Bertz CT molecular complexity index is 784. The van der Waals surface area contributed by atoms with Gasteiger partial charge in [-0.2, -0.15) is 8.42 Å². The lowest BCUT2D eigenvalue weighted by atomic mass is 10.1. The van der Waals surface area contributed by atoms with E-state index < -0.39 is 20.8 Å². The van der Waals surface area contributed by atoms with Gasteiger partial charge in [-0.05, 0) is 42.7 Å². The predicted molar refractivity (Wildman–Crippen MR) is 92.3 cm³/mol. The van der Waals surface area contributed by atoms with Crippen molar-refractivity contribution in [3.8, 4) is 17.2 Å². The van der Waals surface area contributed by atoms with Gasteiger partial charge in [0, 0.05) is 6.07 Å². The Labute approximate surface area is 142 Å². The molecule has 24 heavy (non-hydrogen) atoms. The number of rotatable bonds is 8. The fourth-order valence-corrected chi connectivity index (χ4v) is 3.00. The van der Waals surface area contributed by atoms with Gasteiger partial charge in [0.25, 0.3) is 10.1 Å². The van der Waals surface area contributed by atoms with E-state index in [0.29, 0.717) is 11.5 Å². The second kappa shape index (κ2) is 8.17. The molecule has 0 bridgehead atoms. The molecule has 130 valence electrons. The number of benzene rings is 2. The minimum Gasteiger partial charge on any atom is -0.506 e. The number of aromatic hydroxyl groups is 1. The average Bonchev–Trinajstić information content (AvgIpc) is 2.51. The van der Waals surface area contributed by atoms with Crippen LogP contribution < -0.4 is 4.74 Å². The SMILES string of the molecule is CCCCCCc1cccc(Oc2ccc(S(=O)(=O)O)c(O)c2)c1. The number of unbranched alkanes of at least 4 members (excludes halogenated alkanes) is 3. The molecule has 0 amide bonds. The normalized spacial score (nSPS) is 11.4. The van der Waals surface area contributed by atoms with Crippen molar-refractivity contribution in [1.29, 1.82) is 0 Å². The summed E-state index contributed by atoms with van der Waals surface area (Å²) in [6.07, 6.45) is 5.74. The van der Waals surface area contributed by atoms with Gasteiger partial charge in [0.1, 0.15) is 22.1 Å². The third-order valence-corrected chi connectivity index (χ3v) is 4.56. The molecule has 0 spiro atoms. The first-order valence-electron chi connectivity index (χ1n) is 7.97. The number of phenols is 1. The maximum Gasteiger partial charge on any atom is 0.298 e. The Morgan fingerprint density at radius 3 is 2.42 bits per heavy atom. The van der Waals surface area contributed by atoms with Crippen LogP contribution in [0.2, 0.25) is 0 Å². The van der Waals surface area contributed by atoms with Gasteiger partial charge in [-0.15, -0.1) is 0 Å². The zero-order chi connectivity index (χ0) is 17.6. The van der Waals surface area contributed by atoms with Crippen molar-refractivity contribution in [2.24, 2.45) is 0 Å². The number of hydrogen-bond acceptors (Lipinski definition) is 4. The van der Waals surface area contributed by atoms with Crippen LogP contribution in [0.15, 0.2) is 47.4 Å². The number of hydrogen-bond donors (Lipinski definition) is 2. The Balaban J connectivity index is 2.07. The van der Waals surface area contributed by atoms with Gasteiger partial charge in [-0.1, -0.05) is 38.3 Å². The summed E-state index contributed by atoms with van der Waals surface area (Å²) in [5, 5.41) is 9.71. The quantitative estimate of drug-likeness (QED) is 0.539. The third-order valence-electron chi connectivity index (χ3n) is 3.66. The second-order valence-corrected chi connectivity index (χ2v) is 7.05. The maximum atomic E-state index is 11.1. The molecule has 0 aliphatic heterocycles. The van der Waals surface area contributed by atoms with Crippen molar-refractivity contribution in [2.45, 2.75) is 43.9 Å². The summed E-state index contributed by atoms with van der Waals surface area (Å²) in [7, 11) is -4.45. The van der Waals surface area contributed by atoms with Gasteiger partial charge in [-0.3, -0.25) is 4.55 Å². The van der Waals surface area contributed by atoms with Crippen LogP contribution in [0.5, 0.6) is 17.2 Å². The summed E-state index contributed by atoms with van der Waals surface area (Å²) in [5.74, 6) is 0.357. The molecule has 0 aromatic heterocycles. The zero-order valence-electron chi connectivity index (χ0n) is 13.6. The van der Waals surface area contributed by atoms with E-state index >= 15 is 0 Å². The second-order valence-electron chi connectivity index (χ2n) is 5.66. The molecule has 0 atom stereocenters. The number of aryl methyl sites for hydroxylation is 1. The molecule has 0 radical (unpaired) electrons. The number of phenolic OH excluding ortho intramolecular Hbond substituents is 1. The van der Waals surface area contributed by atoms with Gasteiger partial charge in [0.05, 0.1) is 0 Å². The smallest absolute Gasteiger partial charge is 0.298 e. The maximum absolute atomic E-state index is 11.1. The lowest BCUT2D eigenvalue weighted by molar-refractivity contribution is 0.433. The molecule has 0 heterocycles. The largest absolute Gasteiger partial charge is 0.506 e. The van der Waals surface area contributed by atoms with Gasteiger partial charge >= 0.3 is 0 Å². The summed E-state index contributed by atoms with van der Waals surface area (Å²) in [4.78, 5) is -0.542. The Morgan fingerprint density at radius 2 is 1.75 bits per heavy atom.